The van der Waals surface area contributed by atoms with Crippen molar-refractivity contribution in [3.05, 3.63) is 64.7 Å². The SMILES string of the molecule is CCOC(=O)CCN(C(=O)CC1CCCCC1)c1ccc(Cl)cc1C(=N)c1ccccc1. The van der Waals surface area contributed by atoms with Crippen molar-refractivity contribution < 1.29 is 14.3 Å². The van der Waals surface area contributed by atoms with Crippen LogP contribution in [0.15, 0.2) is 48.5 Å². The summed E-state index contributed by atoms with van der Waals surface area (Å²) >= 11 is 6.28. The fourth-order valence-electron chi connectivity index (χ4n) is 4.27. The molecule has 2 aromatic rings. The minimum absolute atomic E-state index is 0.0226. The van der Waals surface area contributed by atoms with E-state index in [1.807, 2.05) is 30.3 Å². The number of carbonyl (C=O) groups excluding carboxylic acids is 2. The lowest BCUT2D eigenvalue weighted by atomic mass is 9.86. The lowest BCUT2D eigenvalue weighted by Gasteiger charge is -2.28. The van der Waals surface area contributed by atoms with Gasteiger partial charge in [-0.05, 0) is 43.9 Å². The van der Waals surface area contributed by atoms with E-state index in [1.165, 1.54) is 6.42 Å². The summed E-state index contributed by atoms with van der Waals surface area (Å²) in [5.41, 5.74) is 2.20. The summed E-state index contributed by atoms with van der Waals surface area (Å²) in [6, 6.07) is 14.6. The van der Waals surface area contributed by atoms with Gasteiger partial charge in [-0.15, -0.1) is 0 Å². The van der Waals surface area contributed by atoms with Gasteiger partial charge >= 0.3 is 5.97 Å². The Morgan fingerprint density at radius 2 is 1.81 bits per heavy atom. The van der Waals surface area contributed by atoms with Gasteiger partial charge in [0, 0.05) is 29.1 Å². The van der Waals surface area contributed by atoms with Crippen LogP contribution in [0, 0.1) is 11.3 Å². The van der Waals surface area contributed by atoms with E-state index in [1.54, 1.807) is 30.0 Å². The van der Waals surface area contributed by atoms with Gasteiger partial charge in [-0.1, -0.05) is 61.2 Å². The second kappa shape index (κ2) is 11.8. The van der Waals surface area contributed by atoms with Crippen molar-refractivity contribution in [3.63, 3.8) is 0 Å². The fraction of sp³-hybridized carbons (Fsp3) is 0.423. The number of benzene rings is 2. The Morgan fingerprint density at radius 1 is 1.09 bits per heavy atom. The number of anilines is 1. The van der Waals surface area contributed by atoms with Gasteiger partial charge in [-0.25, -0.2) is 0 Å². The maximum Gasteiger partial charge on any atom is 0.307 e. The fourth-order valence-corrected chi connectivity index (χ4v) is 4.44. The van der Waals surface area contributed by atoms with E-state index in [4.69, 9.17) is 21.7 Å². The van der Waals surface area contributed by atoms with Crippen LogP contribution in [0.1, 0.15) is 63.0 Å². The molecule has 5 nitrogen and oxygen atoms in total. The van der Waals surface area contributed by atoms with Crippen molar-refractivity contribution >= 4 is 34.9 Å². The molecular formula is C26H31ClN2O3. The second-order valence-corrected chi connectivity index (χ2v) is 8.65. The molecule has 0 bridgehead atoms. The highest BCUT2D eigenvalue weighted by molar-refractivity contribution is 6.31. The van der Waals surface area contributed by atoms with Gasteiger partial charge in [-0.3, -0.25) is 15.0 Å². The van der Waals surface area contributed by atoms with Gasteiger partial charge in [0.15, 0.2) is 0 Å². The van der Waals surface area contributed by atoms with E-state index in [0.29, 0.717) is 35.2 Å². The van der Waals surface area contributed by atoms with Gasteiger partial charge in [0.1, 0.15) is 0 Å². The summed E-state index contributed by atoms with van der Waals surface area (Å²) in [6.07, 6.45) is 6.22. The molecule has 170 valence electrons. The van der Waals surface area contributed by atoms with Crippen LogP contribution in [0.3, 0.4) is 0 Å². The zero-order valence-corrected chi connectivity index (χ0v) is 19.4. The summed E-state index contributed by atoms with van der Waals surface area (Å²) in [4.78, 5) is 27.2. The topological polar surface area (TPSA) is 70.5 Å². The summed E-state index contributed by atoms with van der Waals surface area (Å²) in [7, 11) is 0. The molecule has 0 unspecified atom stereocenters. The molecule has 1 fully saturated rings. The molecule has 6 heteroatoms. The van der Waals surface area contributed by atoms with Gasteiger partial charge in [0.2, 0.25) is 5.91 Å². The van der Waals surface area contributed by atoms with E-state index in [-0.39, 0.29) is 30.6 Å². The first-order valence-corrected chi connectivity index (χ1v) is 11.8. The molecule has 1 aliphatic carbocycles. The van der Waals surface area contributed by atoms with Crippen molar-refractivity contribution in [3.8, 4) is 0 Å². The largest absolute Gasteiger partial charge is 0.466 e. The highest BCUT2D eigenvalue weighted by Crippen LogP contribution is 2.31. The number of nitrogens with zero attached hydrogens (tertiary/aromatic N) is 1. The number of hydrogen-bond acceptors (Lipinski definition) is 4. The normalized spacial score (nSPS) is 14.1. The van der Waals surface area contributed by atoms with E-state index in [2.05, 4.69) is 0 Å². The minimum atomic E-state index is -0.336. The lowest BCUT2D eigenvalue weighted by molar-refractivity contribution is -0.142. The summed E-state index contributed by atoms with van der Waals surface area (Å²) < 4.78 is 5.08. The zero-order valence-electron chi connectivity index (χ0n) is 18.6. The maximum absolute atomic E-state index is 13.4. The van der Waals surface area contributed by atoms with Crippen LogP contribution >= 0.6 is 11.6 Å². The van der Waals surface area contributed by atoms with Gasteiger partial charge in [0.25, 0.3) is 0 Å². The Hall–Kier alpha value is -2.66. The van der Waals surface area contributed by atoms with Crippen LogP contribution in [0.2, 0.25) is 5.02 Å². The molecule has 0 atom stereocenters. The number of amides is 1. The molecular weight excluding hydrogens is 424 g/mol. The number of ether oxygens (including phenoxy) is 1. The standard InChI is InChI=1S/C26H31ClN2O3/c1-2-32-25(31)15-16-29(24(30)17-19-9-5-3-6-10-19)23-14-13-21(27)18-22(23)26(28)20-11-7-4-8-12-20/h4,7-8,11-14,18-19,28H,2-3,5-6,9-10,15-17H2,1H3. The third-order valence-electron chi connectivity index (χ3n) is 5.92. The minimum Gasteiger partial charge on any atom is -0.466 e. The molecule has 1 saturated carbocycles. The van der Waals surface area contributed by atoms with E-state index in [0.717, 1.165) is 31.2 Å². The van der Waals surface area contributed by atoms with E-state index in [9.17, 15) is 9.59 Å². The molecule has 0 aromatic heterocycles. The van der Waals surface area contributed by atoms with Crippen molar-refractivity contribution in [2.75, 3.05) is 18.1 Å². The van der Waals surface area contributed by atoms with E-state index >= 15 is 0 Å². The Labute approximate surface area is 195 Å². The Balaban J connectivity index is 1.92. The average molecular weight is 455 g/mol. The summed E-state index contributed by atoms with van der Waals surface area (Å²) in [6.45, 7) is 2.28. The monoisotopic (exact) mass is 454 g/mol. The highest BCUT2D eigenvalue weighted by Gasteiger charge is 2.25. The number of hydrogen-bond donors (Lipinski definition) is 1. The van der Waals surface area contributed by atoms with Crippen molar-refractivity contribution in [2.24, 2.45) is 5.92 Å². The second-order valence-electron chi connectivity index (χ2n) is 8.21. The molecule has 3 rings (SSSR count). The quantitative estimate of drug-likeness (QED) is 0.372. The van der Waals surface area contributed by atoms with Crippen LogP contribution in [-0.4, -0.2) is 30.7 Å². The van der Waals surface area contributed by atoms with Crippen LogP contribution in [0.4, 0.5) is 5.69 Å². The zero-order chi connectivity index (χ0) is 22.9. The predicted molar refractivity (Wildman–Crippen MR) is 129 cm³/mol. The average Bonchev–Trinajstić information content (AvgIpc) is 2.81. The molecule has 1 amide bonds. The Kier molecular flexibility index (Phi) is 8.86. The summed E-state index contributed by atoms with van der Waals surface area (Å²) in [5, 5.41) is 9.28. The number of halogens is 1. The maximum atomic E-state index is 13.4. The number of carbonyl (C=O) groups is 2. The van der Waals surface area contributed by atoms with Gasteiger partial charge < -0.3 is 9.64 Å². The molecule has 0 radical (unpaired) electrons. The number of rotatable bonds is 9. The van der Waals surface area contributed by atoms with Crippen LogP contribution < -0.4 is 4.90 Å². The lowest BCUT2D eigenvalue weighted by Crippen LogP contribution is -2.36. The molecule has 2 aromatic carbocycles. The molecule has 1 N–H and O–H groups in total. The van der Waals surface area contributed by atoms with Crippen LogP contribution in [0.5, 0.6) is 0 Å². The first-order valence-electron chi connectivity index (χ1n) is 11.4. The van der Waals surface area contributed by atoms with Gasteiger partial charge in [-0.2, -0.15) is 0 Å². The highest BCUT2D eigenvalue weighted by atomic mass is 35.5. The third kappa shape index (κ3) is 6.42. The van der Waals surface area contributed by atoms with Crippen molar-refractivity contribution in [1.29, 1.82) is 5.41 Å². The predicted octanol–water partition coefficient (Wildman–Crippen LogP) is 6.01. The number of esters is 1. The first kappa shape index (κ1) is 24.0. The Morgan fingerprint density at radius 3 is 2.50 bits per heavy atom. The first-order chi connectivity index (χ1) is 15.5. The molecule has 32 heavy (non-hydrogen) atoms. The Bertz CT molecular complexity index is 939. The van der Waals surface area contributed by atoms with Gasteiger partial charge in [0.05, 0.1) is 24.4 Å². The van der Waals surface area contributed by atoms with Crippen molar-refractivity contribution in [2.45, 2.75) is 51.9 Å². The van der Waals surface area contributed by atoms with Crippen molar-refractivity contribution in [1.82, 2.24) is 0 Å². The molecule has 0 heterocycles. The molecule has 1 aliphatic rings. The molecule has 0 saturated heterocycles. The summed E-state index contributed by atoms with van der Waals surface area (Å²) in [5.74, 6) is 0.00733. The smallest absolute Gasteiger partial charge is 0.307 e. The third-order valence-corrected chi connectivity index (χ3v) is 6.15. The van der Waals surface area contributed by atoms with Crippen LogP contribution in [-0.2, 0) is 14.3 Å². The molecule has 0 aliphatic heterocycles. The van der Waals surface area contributed by atoms with Crippen LogP contribution in [0.25, 0.3) is 0 Å². The molecule has 0 spiro atoms. The number of nitrogens with one attached hydrogen (secondary N) is 1. The van der Waals surface area contributed by atoms with E-state index < -0.39 is 0 Å².